The zero-order valence-electron chi connectivity index (χ0n) is 10.8. The number of carbonyl (C=O) groups excluding carboxylic acids is 4. The highest BCUT2D eigenvalue weighted by Crippen LogP contribution is 2.02. The fourth-order valence-corrected chi connectivity index (χ4v) is 1.20. The van der Waals surface area contributed by atoms with Crippen molar-refractivity contribution in [2.75, 3.05) is 0 Å². The van der Waals surface area contributed by atoms with Crippen molar-refractivity contribution in [3.05, 3.63) is 0 Å². The molecule has 12 nitrogen and oxygen atoms in total. The lowest BCUT2D eigenvalue weighted by Gasteiger charge is -2.04. The summed E-state index contributed by atoms with van der Waals surface area (Å²) in [6.07, 6.45) is -3.11. The number of hydrogen-bond acceptors (Lipinski definition) is 10. The molecule has 0 aromatic rings. The highest BCUT2D eigenvalue weighted by Gasteiger charge is 2.14. The van der Waals surface area contributed by atoms with E-state index in [9.17, 15) is 19.2 Å². The van der Waals surface area contributed by atoms with Crippen molar-refractivity contribution < 1.29 is 27.5 Å². The lowest BCUT2D eigenvalue weighted by atomic mass is 10.3. The molecule has 0 spiro atoms. The summed E-state index contributed by atoms with van der Waals surface area (Å²) in [5.74, 6) is -1.67. The standard InChI is InChI=1S/C8H12N6O6S2/c9-5(10)21-19-7(17)13-3(15)1-2-4(16)14-8(18)20-22-6(11)12/h1-2H2,(H3,9,10)(H3,11,12)(H,13,15,17)(H,14,16,18). The quantitative estimate of drug-likeness (QED) is 0.215. The number of hydrogen-bond donors (Lipinski definition) is 6. The van der Waals surface area contributed by atoms with Gasteiger partial charge in [0.15, 0.2) is 10.3 Å². The van der Waals surface area contributed by atoms with Crippen LogP contribution in [0.25, 0.3) is 0 Å². The van der Waals surface area contributed by atoms with E-state index < -0.39 is 47.2 Å². The summed E-state index contributed by atoms with van der Waals surface area (Å²) in [6, 6.07) is 0. The second kappa shape index (κ2) is 10.3. The Kier molecular flexibility index (Phi) is 9.12. The highest BCUT2D eigenvalue weighted by molar-refractivity contribution is 8.10. The Morgan fingerprint density at radius 2 is 1.14 bits per heavy atom. The maximum absolute atomic E-state index is 11.3. The zero-order chi connectivity index (χ0) is 17.1. The van der Waals surface area contributed by atoms with Gasteiger partial charge in [-0.25, -0.2) is 9.59 Å². The topological polar surface area (TPSA) is 211 Å². The van der Waals surface area contributed by atoms with E-state index >= 15 is 0 Å². The molecule has 0 aromatic heterocycles. The molecule has 0 saturated carbocycles. The van der Waals surface area contributed by atoms with Gasteiger partial charge in [-0.15, -0.1) is 0 Å². The van der Waals surface area contributed by atoms with Crippen molar-refractivity contribution in [3.8, 4) is 0 Å². The molecule has 0 unspecified atom stereocenters. The Morgan fingerprint density at radius 3 is 1.41 bits per heavy atom. The predicted octanol–water partition coefficient (Wildman–Crippen LogP) is -0.644. The van der Waals surface area contributed by atoms with E-state index in [0.29, 0.717) is 0 Å². The molecule has 4 amide bonds. The minimum Gasteiger partial charge on any atom is -0.376 e. The molecule has 22 heavy (non-hydrogen) atoms. The van der Waals surface area contributed by atoms with Gasteiger partial charge in [-0.3, -0.25) is 31.0 Å². The molecule has 0 aliphatic carbocycles. The molecule has 0 bridgehead atoms. The Balaban J connectivity index is 3.92. The summed E-state index contributed by atoms with van der Waals surface area (Å²) in [4.78, 5) is 44.5. The van der Waals surface area contributed by atoms with Gasteiger partial charge in [0, 0.05) is 12.8 Å². The molecule has 14 heteroatoms. The third-order valence-electron chi connectivity index (χ3n) is 1.48. The van der Waals surface area contributed by atoms with Gasteiger partial charge in [0.05, 0.1) is 0 Å². The molecule has 0 radical (unpaired) electrons. The first-order chi connectivity index (χ1) is 10.2. The number of amidine groups is 2. The van der Waals surface area contributed by atoms with Gasteiger partial charge >= 0.3 is 12.2 Å². The third kappa shape index (κ3) is 11.4. The summed E-state index contributed by atoms with van der Waals surface area (Å²) in [5.41, 5.74) is 9.79. The number of rotatable bonds is 3. The van der Waals surface area contributed by atoms with Crippen LogP contribution in [0.5, 0.6) is 0 Å². The van der Waals surface area contributed by atoms with Gasteiger partial charge in [-0.2, -0.15) is 0 Å². The van der Waals surface area contributed by atoms with E-state index in [4.69, 9.17) is 22.3 Å². The van der Waals surface area contributed by atoms with Gasteiger partial charge in [0.1, 0.15) is 24.1 Å². The molecular weight excluding hydrogens is 340 g/mol. The van der Waals surface area contributed by atoms with Gasteiger partial charge in [0.2, 0.25) is 11.8 Å². The second-order valence-electron chi connectivity index (χ2n) is 3.23. The van der Waals surface area contributed by atoms with Crippen LogP contribution in [0.3, 0.4) is 0 Å². The van der Waals surface area contributed by atoms with Crippen molar-refractivity contribution in [3.63, 3.8) is 0 Å². The zero-order valence-corrected chi connectivity index (χ0v) is 12.5. The minimum atomic E-state index is -1.15. The van der Waals surface area contributed by atoms with Crippen LogP contribution in [0.1, 0.15) is 12.8 Å². The van der Waals surface area contributed by atoms with Gasteiger partial charge < -0.3 is 19.8 Å². The first-order valence-corrected chi connectivity index (χ1v) is 6.73. The molecule has 0 heterocycles. The summed E-state index contributed by atoms with van der Waals surface area (Å²) in [5, 5.41) is 16.1. The third-order valence-corrected chi connectivity index (χ3v) is 2.30. The molecule has 0 rings (SSSR count). The van der Waals surface area contributed by atoms with E-state index in [1.54, 1.807) is 10.6 Å². The van der Waals surface area contributed by atoms with Gasteiger partial charge in [0.25, 0.3) is 0 Å². The maximum Gasteiger partial charge on any atom is 0.426 e. The molecule has 0 aliphatic heterocycles. The number of nitrogens with two attached hydrogens (primary N) is 2. The SMILES string of the molecule is N=C(N)SOC(=O)NC(=O)CCC(=O)NC(=O)OSC(=N)N. The number of nitrogens with one attached hydrogen (secondary N) is 4. The van der Waals surface area contributed by atoms with Crippen LogP contribution >= 0.6 is 24.1 Å². The van der Waals surface area contributed by atoms with Crippen LogP contribution in [0.2, 0.25) is 0 Å². The number of carbonyl (C=O) groups is 4. The molecule has 8 N–H and O–H groups in total. The fourth-order valence-electron chi connectivity index (χ4n) is 0.787. The van der Waals surface area contributed by atoms with Crippen LogP contribution in [-0.4, -0.2) is 34.3 Å². The largest absolute Gasteiger partial charge is 0.426 e. The van der Waals surface area contributed by atoms with Crippen LogP contribution < -0.4 is 22.1 Å². The molecular formula is C8H12N6O6S2. The van der Waals surface area contributed by atoms with Crippen molar-refractivity contribution in [2.24, 2.45) is 11.5 Å². The molecule has 0 aliphatic rings. The second-order valence-corrected chi connectivity index (χ2v) is 4.78. The molecule has 0 fully saturated rings. The van der Waals surface area contributed by atoms with Crippen LogP contribution in [0.4, 0.5) is 9.59 Å². The fraction of sp³-hybridized carbons (Fsp3) is 0.250. The first kappa shape index (κ1) is 19.5. The van der Waals surface area contributed by atoms with Crippen LogP contribution in [-0.2, 0) is 18.0 Å². The van der Waals surface area contributed by atoms with E-state index in [0.717, 1.165) is 0 Å². The monoisotopic (exact) mass is 352 g/mol. The van der Waals surface area contributed by atoms with Crippen LogP contribution in [0, 0.1) is 10.8 Å². The Hall–Kier alpha value is -2.48. The number of imide groups is 2. The van der Waals surface area contributed by atoms with E-state index in [2.05, 4.69) is 8.37 Å². The average Bonchev–Trinajstić information content (AvgIpc) is 2.40. The normalized spacial score (nSPS) is 9.27. The molecule has 122 valence electrons. The van der Waals surface area contributed by atoms with Gasteiger partial charge in [-0.1, -0.05) is 0 Å². The van der Waals surface area contributed by atoms with Crippen molar-refractivity contribution >= 4 is 58.4 Å². The highest BCUT2D eigenvalue weighted by atomic mass is 32.2. The lowest BCUT2D eigenvalue weighted by molar-refractivity contribution is -0.125. The number of amides is 4. The molecule has 0 saturated heterocycles. The maximum atomic E-state index is 11.3. The summed E-state index contributed by atoms with van der Waals surface area (Å²) in [6.45, 7) is 0. The summed E-state index contributed by atoms with van der Waals surface area (Å²) >= 11 is 0.497. The van der Waals surface area contributed by atoms with Gasteiger partial charge in [-0.05, 0) is 0 Å². The average molecular weight is 352 g/mol. The predicted molar refractivity (Wildman–Crippen MR) is 77.5 cm³/mol. The lowest BCUT2D eigenvalue weighted by Crippen LogP contribution is -2.33. The van der Waals surface area contributed by atoms with E-state index in [-0.39, 0.29) is 24.1 Å². The summed E-state index contributed by atoms with van der Waals surface area (Å²) in [7, 11) is 0. The smallest absolute Gasteiger partial charge is 0.376 e. The Bertz CT molecular complexity index is 454. The Morgan fingerprint density at radius 1 is 0.818 bits per heavy atom. The van der Waals surface area contributed by atoms with E-state index in [1.807, 2.05) is 0 Å². The molecule has 0 atom stereocenters. The summed E-state index contributed by atoms with van der Waals surface area (Å²) < 4.78 is 8.57. The van der Waals surface area contributed by atoms with Crippen molar-refractivity contribution in [1.29, 1.82) is 10.8 Å². The Labute approximate surface area is 132 Å². The molecule has 0 aromatic carbocycles. The first-order valence-electron chi connectivity index (χ1n) is 5.25. The van der Waals surface area contributed by atoms with Crippen molar-refractivity contribution in [1.82, 2.24) is 10.6 Å². The van der Waals surface area contributed by atoms with Crippen LogP contribution in [0.15, 0.2) is 0 Å². The van der Waals surface area contributed by atoms with Crippen molar-refractivity contribution in [2.45, 2.75) is 12.8 Å². The minimum absolute atomic E-state index is 0.248. The van der Waals surface area contributed by atoms with E-state index in [1.165, 1.54) is 0 Å².